The van der Waals surface area contributed by atoms with Gasteiger partial charge >= 0.3 is 0 Å². The minimum absolute atomic E-state index is 0.209. The van der Waals surface area contributed by atoms with Gasteiger partial charge in [0.15, 0.2) is 5.96 Å². The highest BCUT2D eigenvalue weighted by Gasteiger charge is 2.28. The Kier molecular flexibility index (Phi) is 7.27. The van der Waals surface area contributed by atoms with Gasteiger partial charge in [0.05, 0.1) is 11.9 Å². The van der Waals surface area contributed by atoms with Crippen LogP contribution in [0.25, 0.3) is 0 Å². The second-order valence-corrected chi connectivity index (χ2v) is 9.50. The van der Waals surface area contributed by atoms with Crippen LogP contribution in [0.4, 0.5) is 0 Å². The average molecular weight is 399 g/mol. The number of hydrogen-bond acceptors (Lipinski definition) is 4. The van der Waals surface area contributed by atoms with Gasteiger partial charge in [0, 0.05) is 45.0 Å². The first-order chi connectivity index (χ1) is 12.6. The van der Waals surface area contributed by atoms with Crippen LogP contribution in [-0.4, -0.2) is 66.9 Å². The summed E-state index contributed by atoms with van der Waals surface area (Å²) in [6, 6.07) is 0.209. The molecule has 2 unspecified atom stereocenters. The normalized spacial score (nSPS) is 20.1. The largest absolute Gasteiger partial charge is 0.357 e. The molecule has 0 saturated carbocycles. The van der Waals surface area contributed by atoms with Crippen molar-refractivity contribution in [3.05, 3.63) is 17.0 Å². The molecule has 1 saturated heterocycles. The Labute approximate surface area is 163 Å². The standard InChI is InChI=1S/C18H34N6O2S/c1-7-19-18(20-11-16-8-9-24(12-16)27(6,25)26)21-13(2)10-17-14(3)22-23(5)15(17)4/h13,16H,7-12H2,1-6H3,(H2,19,20,21). The number of hydrogen-bond donors (Lipinski definition) is 2. The first kappa shape index (κ1) is 21.7. The van der Waals surface area contributed by atoms with E-state index in [1.807, 2.05) is 25.6 Å². The van der Waals surface area contributed by atoms with Crippen LogP contribution in [-0.2, 0) is 23.5 Å². The Morgan fingerprint density at radius 2 is 2.11 bits per heavy atom. The van der Waals surface area contributed by atoms with E-state index in [4.69, 9.17) is 4.99 Å². The predicted molar refractivity (Wildman–Crippen MR) is 109 cm³/mol. The van der Waals surface area contributed by atoms with Crippen molar-refractivity contribution < 1.29 is 8.42 Å². The molecule has 8 nitrogen and oxygen atoms in total. The molecular weight excluding hydrogens is 364 g/mol. The van der Waals surface area contributed by atoms with Gasteiger partial charge in [0.25, 0.3) is 0 Å². The van der Waals surface area contributed by atoms with Gasteiger partial charge in [-0.2, -0.15) is 5.10 Å². The number of sulfonamides is 1. The van der Waals surface area contributed by atoms with E-state index in [-0.39, 0.29) is 12.0 Å². The summed E-state index contributed by atoms with van der Waals surface area (Å²) in [5.74, 6) is 1.05. The molecule has 1 aliphatic rings. The number of guanidine groups is 1. The van der Waals surface area contributed by atoms with E-state index in [1.54, 1.807) is 4.31 Å². The average Bonchev–Trinajstić information content (AvgIpc) is 3.14. The smallest absolute Gasteiger partial charge is 0.211 e. The SMILES string of the molecule is CCNC(=NCC1CCN(S(C)(=O)=O)C1)NC(C)Cc1c(C)nn(C)c1C. The minimum Gasteiger partial charge on any atom is -0.357 e. The molecule has 2 rings (SSSR count). The highest BCUT2D eigenvalue weighted by atomic mass is 32.2. The van der Waals surface area contributed by atoms with Gasteiger partial charge in [-0.25, -0.2) is 12.7 Å². The maximum absolute atomic E-state index is 11.7. The Morgan fingerprint density at radius 1 is 1.41 bits per heavy atom. The first-order valence-electron chi connectivity index (χ1n) is 9.60. The topological polar surface area (TPSA) is 91.6 Å². The van der Waals surface area contributed by atoms with Crippen LogP contribution in [0.5, 0.6) is 0 Å². The van der Waals surface area contributed by atoms with Crippen molar-refractivity contribution in [1.29, 1.82) is 0 Å². The highest BCUT2D eigenvalue weighted by Crippen LogP contribution is 2.19. The molecule has 1 aromatic heterocycles. The van der Waals surface area contributed by atoms with Gasteiger partial charge in [0.2, 0.25) is 10.0 Å². The number of aryl methyl sites for hydroxylation is 2. The third-order valence-corrected chi connectivity index (χ3v) is 6.39. The summed E-state index contributed by atoms with van der Waals surface area (Å²) in [4.78, 5) is 4.70. The van der Waals surface area contributed by atoms with Crippen LogP contribution in [0.2, 0.25) is 0 Å². The Bertz CT molecular complexity index is 771. The lowest BCUT2D eigenvalue weighted by Crippen LogP contribution is -2.43. The van der Waals surface area contributed by atoms with E-state index in [0.717, 1.165) is 31.0 Å². The molecule has 2 heterocycles. The molecule has 0 aliphatic carbocycles. The fourth-order valence-electron chi connectivity index (χ4n) is 3.49. The third-order valence-electron chi connectivity index (χ3n) is 5.12. The van der Waals surface area contributed by atoms with Crippen LogP contribution in [0, 0.1) is 19.8 Å². The molecule has 0 spiro atoms. The summed E-state index contributed by atoms with van der Waals surface area (Å²) in [5.41, 5.74) is 3.53. The van der Waals surface area contributed by atoms with Gasteiger partial charge in [-0.3, -0.25) is 9.67 Å². The van der Waals surface area contributed by atoms with Crippen LogP contribution in [0.3, 0.4) is 0 Å². The molecule has 2 atom stereocenters. The molecule has 27 heavy (non-hydrogen) atoms. The summed E-state index contributed by atoms with van der Waals surface area (Å²) in [7, 11) is -1.13. The number of nitrogens with zero attached hydrogens (tertiary/aromatic N) is 4. The van der Waals surface area contributed by atoms with E-state index in [0.29, 0.717) is 19.6 Å². The van der Waals surface area contributed by atoms with E-state index < -0.39 is 10.0 Å². The summed E-state index contributed by atoms with van der Waals surface area (Å²) >= 11 is 0. The summed E-state index contributed by atoms with van der Waals surface area (Å²) in [6.07, 6.45) is 3.01. The monoisotopic (exact) mass is 398 g/mol. The van der Waals surface area contributed by atoms with Crippen molar-refractivity contribution in [3.63, 3.8) is 0 Å². The fourth-order valence-corrected chi connectivity index (χ4v) is 4.41. The van der Waals surface area contributed by atoms with Crippen LogP contribution in [0.1, 0.15) is 37.2 Å². The molecule has 0 aromatic carbocycles. The van der Waals surface area contributed by atoms with Gasteiger partial charge in [-0.05, 0) is 52.0 Å². The van der Waals surface area contributed by atoms with Gasteiger partial charge in [0.1, 0.15) is 0 Å². The maximum Gasteiger partial charge on any atom is 0.211 e. The van der Waals surface area contributed by atoms with Gasteiger partial charge in [-0.15, -0.1) is 0 Å². The molecule has 0 amide bonds. The lowest BCUT2D eigenvalue weighted by Gasteiger charge is -2.19. The molecule has 0 bridgehead atoms. The molecule has 154 valence electrons. The molecule has 1 fully saturated rings. The van der Waals surface area contributed by atoms with Gasteiger partial charge < -0.3 is 10.6 Å². The predicted octanol–water partition coefficient (Wildman–Crippen LogP) is 0.805. The molecule has 9 heteroatoms. The number of aromatic nitrogens is 2. The summed E-state index contributed by atoms with van der Waals surface area (Å²) in [5, 5.41) is 11.2. The molecule has 1 aromatic rings. The van der Waals surface area contributed by atoms with E-state index in [1.165, 1.54) is 17.5 Å². The molecule has 2 N–H and O–H groups in total. The van der Waals surface area contributed by atoms with Crippen LogP contribution >= 0.6 is 0 Å². The van der Waals surface area contributed by atoms with E-state index in [9.17, 15) is 8.42 Å². The van der Waals surface area contributed by atoms with Crippen molar-refractivity contribution in [2.75, 3.05) is 32.4 Å². The molecule has 1 aliphatic heterocycles. The van der Waals surface area contributed by atoms with Crippen molar-refractivity contribution in [1.82, 2.24) is 24.7 Å². The van der Waals surface area contributed by atoms with Crippen LogP contribution < -0.4 is 10.6 Å². The quantitative estimate of drug-likeness (QED) is 0.524. The second kappa shape index (κ2) is 9.05. The van der Waals surface area contributed by atoms with Gasteiger partial charge in [-0.1, -0.05) is 0 Å². The zero-order chi connectivity index (χ0) is 20.2. The summed E-state index contributed by atoms with van der Waals surface area (Å²) < 4.78 is 26.8. The molecule has 0 radical (unpaired) electrons. The maximum atomic E-state index is 11.7. The van der Waals surface area contributed by atoms with Crippen molar-refractivity contribution >= 4 is 16.0 Å². The zero-order valence-electron chi connectivity index (χ0n) is 17.4. The number of aliphatic imine (C=N–C) groups is 1. The lowest BCUT2D eigenvalue weighted by atomic mass is 10.1. The van der Waals surface area contributed by atoms with Crippen LogP contribution in [0.15, 0.2) is 4.99 Å². The Morgan fingerprint density at radius 3 is 2.63 bits per heavy atom. The fraction of sp³-hybridized carbons (Fsp3) is 0.778. The number of nitrogens with one attached hydrogen (secondary N) is 2. The van der Waals surface area contributed by atoms with Crippen molar-refractivity contribution in [2.45, 2.75) is 46.6 Å². The molecular formula is C18H34N6O2S. The third kappa shape index (κ3) is 5.93. The number of rotatable bonds is 7. The second-order valence-electron chi connectivity index (χ2n) is 7.52. The first-order valence-corrected chi connectivity index (χ1v) is 11.5. The van der Waals surface area contributed by atoms with E-state index in [2.05, 4.69) is 29.6 Å². The minimum atomic E-state index is -3.10. The van der Waals surface area contributed by atoms with E-state index >= 15 is 0 Å². The van der Waals surface area contributed by atoms with Crippen molar-refractivity contribution in [2.24, 2.45) is 18.0 Å². The van der Waals surface area contributed by atoms with Crippen molar-refractivity contribution in [3.8, 4) is 0 Å². The Hall–Kier alpha value is -1.61. The lowest BCUT2D eigenvalue weighted by molar-refractivity contribution is 0.463. The Balaban J connectivity index is 1.95. The highest BCUT2D eigenvalue weighted by molar-refractivity contribution is 7.88. The zero-order valence-corrected chi connectivity index (χ0v) is 18.2. The summed E-state index contributed by atoms with van der Waals surface area (Å²) in [6.45, 7) is 10.9.